The van der Waals surface area contributed by atoms with Gasteiger partial charge in [0.05, 0.1) is 6.61 Å². The summed E-state index contributed by atoms with van der Waals surface area (Å²) in [5.41, 5.74) is 1.85. The average Bonchev–Trinajstić information content (AvgIpc) is 3.33. The van der Waals surface area contributed by atoms with Crippen molar-refractivity contribution < 1.29 is 14.3 Å². The Labute approximate surface area is 184 Å². The minimum Gasteiger partial charge on any atom is -0.450 e. The van der Waals surface area contributed by atoms with Crippen molar-refractivity contribution in [3.8, 4) is 0 Å². The molecule has 0 spiro atoms. The first-order valence-corrected chi connectivity index (χ1v) is 11.1. The van der Waals surface area contributed by atoms with Crippen LogP contribution in [0.4, 0.5) is 15.3 Å². The van der Waals surface area contributed by atoms with E-state index in [0.717, 1.165) is 56.0 Å². The predicted octanol–water partition coefficient (Wildman–Crippen LogP) is 2.60. The van der Waals surface area contributed by atoms with Crippen molar-refractivity contribution >= 4 is 23.8 Å². The molecule has 3 rings (SSSR count). The highest BCUT2D eigenvalue weighted by atomic mass is 16.6. The van der Waals surface area contributed by atoms with Gasteiger partial charge in [-0.15, -0.1) is 0 Å². The maximum Gasteiger partial charge on any atom is 0.409 e. The van der Waals surface area contributed by atoms with Gasteiger partial charge in [-0.2, -0.15) is 0 Å². The van der Waals surface area contributed by atoms with Crippen molar-refractivity contribution in [2.24, 2.45) is 4.99 Å². The molecule has 170 valence electrons. The summed E-state index contributed by atoms with van der Waals surface area (Å²) in [6, 6.07) is 8.06. The van der Waals surface area contributed by atoms with E-state index in [1.54, 1.807) is 11.9 Å². The van der Waals surface area contributed by atoms with E-state index < -0.39 is 0 Å². The lowest BCUT2D eigenvalue weighted by Gasteiger charge is -2.32. The number of hydrogen-bond acceptors (Lipinski definition) is 4. The molecule has 2 fully saturated rings. The van der Waals surface area contributed by atoms with Crippen LogP contribution in [0.15, 0.2) is 29.3 Å². The Morgan fingerprint density at radius 1 is 1.13 bits per heavy atom. The minimum atomic E-state index is -0.236. The Bertz CT molecular complexity index is 770. The number of aliphatic imine (C=N–C) groups is 1. The van der Waals surface area contributed by atoms with Crippen LogP contribution >= 0.6 is 0 Å². The molecular weight excluding hydrogens is 396 g/mol. The third kappa shape index (κ3) is 6.77. The van der Waals surface area contributed by atoms with E-state index in [0.29, 0.717) is 26.2 Å². The Balaban J connectivity index is 1.44. The molecule has 0 bridgehead atoms. The predicted molar refractivity (Wildman–Crippen MR) is 121 cm³/mol. The van der Waals surface area contributed by atoms with Gasteiger partial charge < -0.3 is 30.5 Å². The smallest absolute Gasteiger partial charge is 0.409 e. The van der Waals surface area contributed by atoms with Crippen molar-refractivity contribution in [3.05, 3.63) is 29.8 Å². The van der Waals surface area contributed by atoms with E-state index in [1.807, 2.05) is 36.1 Å². The van der Waals surface area contributed by atoms with Crippen LogP contribution in [0, 0.1) is 0 Å². The Hall–Kier alpha value is -2.97. The van der Waals surface area contributed by atoms with Crippen LogP contribution in [-0.2, 0) is 11.3 Å². The number of amides is 3. The highest BCUT2D eigenvalue weighted by molar-refractivity contribution is 5.89. The normalized spacial score (nSPS) is 17.4. The first kappa shape index (κ1) is 22.7. The third-order valence-corrected chi connectivity index (χ3v) is 5.62. The molecule has 3 N–H and O–H groups in total. The average molecular weight is 431 g/mol. The summed E-state index contributed by atoms with van der Waals surface area (Å²) in [7, 11) is 1.75. The molecule has 2 heterocycles. The van der Waals surface area contributed by atoms with Gasteiger partial charge >= 0.3 is 12.1 Å². The lowest BCUT2D eigenvalue weighted by Crippen LogP contribution is -2.49. The van der Waals surface area contributed by atoms with Crippen molar-refractivity contribution in [1.82, 2.24) is 20.4 Å². The largest absolute Gasteiger partial charge is 0.450 e. The fraction of sp³-hybridized carbons (Fsp3) is 0.591. The van der Waals surface area contributed by atoms with Gasteiger partial charge in [-0.25, -0.2) is 9.59 Å². The molecule has 1 aromatic rings. The van der Waals surface area contributed by atoms with Crippen LogP contribution in [0.3, 0.4) is 0 Å². The summed E-state index contributed by atoms with van der Waals surface area (Å²) in [6.45, 7) is 5.81. The summed E-state index contributed by atoms with van der Waals surface area (Å²) in [6.07, 6.45) is 3.60. The fourth-order valence-electron chi connectivity index (χ4n) is 3.88. The standard InChI is InChI=1S/C22H34N6O3/c1-3-31-22(30)28-13-9-18(10-14-28)25-20(23-2)24-16-17-7-6-8-19(15-17)26-21(29)27-11-4-5-12-27/h6-8,15,18H,3-5,9-14,16H2,1-2H3,(H,26,29)(H2,23,24,25). The van der Waals surface area contributed by atoms with E-state index in [9.17, 15) is 9.59 Å². The zero-order valence-corrected chi connectivity index (χ0v) is 18.5. The third-order valence-electron chi connectivity index (χ3n) is 5.62. The SMILES string of the molecule is CCOC(=O)N1CCC(NC(=NC)NCc2cccc(NC(=O)N3CCCC3)c2)CC1. The molecule has 1 aromatic carbocycles. The van der Waals surface area contributed by atoms with Crippen LogP contribution in [0.25, 0.3) is 0 Å². The van der Waals surface area contributed by atoms with Crippen molar-refractivity contribution in [3.63, 3.8) is 0 Å². The monoisotopic (exact) mass is 430 g/mol. The highest BCUT2D eigenvalue weighted by Crippen LogP contribution is 2.15. The molecule has 2 saturated heterocycles. The van der Waals surface area contributed by atoms with Gasteiger partial charge in [-0.3, -0.25) is 4.99 Å². The minimum absolute atomic E-state index is 0.0331. The summed E-state index contributed by atoms with van der Waals surface area (Å²) >= 11 is 0. The number of benzene rings is 1. The topological polar surface area (TPSA) is 98.3 Å². The van der Waals surface area contributed by atoms with Gasteiger partial charge in [-0.1, -0.05) is 12.1 Å². The summed E-state index contributed by atoms with van der Waals surface area (Å²) in [5, 5.41) is 9.75. The zero-order valence-electron chi connectivity index (χ0n) is 18.5. The summed E-state index contributed by atoms with van der Waals surface area (Å²) < 4.78 is 5.07. The molecule has 0 aliphatic carbocycles. The maximum atomic E-state index is 12.3. The van der Waals surface area contributed by atoms with Crippen LogP contribution in [-0.4, -0.2) is 73.8 Å². The van der Waals surface area contributed by atoms with Crippen LogP contribution in [0.2, 0.25) is 0 Å². The number of guanidine groups is 1. The first-order chi connectivity index (χ1) is 15.1. The number of nitrogens with one attached hydrogen (secondary N) is 3. The number of carbonyl (C=O) groups excluding carboxylic acids is 2. The molecule has 31 heavy (non-hydrogen) atoms. The van der Waals surface area contributed by atoms with E-state index >= 15 is 0 Å². The van der Waals surface area contributed by atoms with E-state index in [1.165, 1.54) is 0 Å². The molecule has 9 heteroatoms. The molecule has 2 aliphatic rings. The number of rotatable bonds is 5. The van der Waals surface area contributed by atoms with Crippen molar-refractivity contribution in [1.29, 1.82) is 0 Å². The number of anilines is 1. The van der Waals surface area contributed by atoms with Gasteiger partial charge in [-0.05, 0) is 50.3 Å². The second-order valence-electron chi connectivity index (χ2n) is 7.86. The molecule has 0 unspecified atom stereocenters. The molecule has 3 amide bonds. The first-order valence-electron chi connectivity index (χ1n) is 11.1. The van der Waals surface area contributed by atoms with Gasteiger partial charge in [0.15, 0.2) is 5.96 Å². The molecule has 9 nitrogen and oxygen atoms in total. The lowest BCUT2D eigenvalue weighted by atomic mass is 10.1. The second-order valence-corrected chi connectivity index (χ2v) is 7.86. The number of carbonyl (C=O) groups is 2. The molecule has 0 saturated carbocycles. The summed E-state index contributed by atoms with van der Waals surface area (Å²) in [5.74, 6) is 0.723. The van der Waals surface area contributed by atoms with Gasteiger partial charge in [0, 0.05) is 51.5 Å². The number of ether oxygens (including phenoxy) is 1. The molecule has 2 aliphatic heterocycles. The second kappa shape index (κ2) is 11.4. The maximum absolute atomic E-state index is 12.3. The molecular formula is C22H34N6O3. The number of piperidine rings is 1. The number of hydrogen-bond donors (Lipinski definition) is 3. The Morgan fingerprint density at radius 3 is 2.55 bits per heavy atom. The Kier molecular flexibility index (Phi) is 8.37. The zero-order chi connectivity index (χ0) is 22.1. The van der Waals surface area contributed by atoms with Crippen LogP contribution < -0.4 is 16.0 Å². The van der Waals surface area contributed by atoms with Crippen LogP contribution in [0.1, 0.15) is 38.2 Å². The molecule has 0 aromatic heterocycles. The van der Waals surface area contributed by atoms with Gasteiger partial charge in [0.2, 0.25) is 0 Å². The quantitative estimate of drug-likeness (QED) is 0.493. The number of urea groups is 1. The van der Waals surface area contributed by atoms with E-state index in [4.69, 9.17) is 4.74 Å². The van der Waals surface area contributed by atoms with Crippen molar-refractivity contribution in [2.45, 2.75) is 45.2 Å². The highest BCUT2D eigenvalue weighted by Gasteiger charge is 2.24. The molecule has 0 atom stereocenters. The lowest BCUT2D eigenvalue weighted by molar-refractivity contribution is 0.0963. The van der Waals surface area contributed by atoms with E-state index in [-0.39, 0.29) is 18.2 Å². The van der Waals surface area contributed by atoms with Crippen molar-refractivity contribution in [2.75, 3.05) is 45.2 Å². The fourth-order valence-corrected chi connectivity index (χ4v) is 3.88. The number of likely N-dealkylation sites (tertiary alicyclic amines) is 2. The number of nitrogens with zero attached hydrogens (tertiary/aromatic N) is 3. The van der Waals surface area contributed by atoms with E-state index in [2.05, 4.69) is 20.9 Å². The van der Waals surface area contributed by atoms with Crippen LogP contribution in [0.5, 0.6) is 0 Å². The Morgan fingerprint density at radius 2 is 1.87 bits per heavy atom. The summed E-state index contributed by atoms with van der Waals surface area (Å²) in [4.78, 5) is 32.0. The molecule has 0 radical (unpaired) electrons. The van der Waals surface area contributed by atoms with Gasteiger partial charge in [0.25, 0.3) is 0 Å². The van der Waals surface area contributed by atoms with Gasteiger partial charge in [0.1, 0.15) is 0 Å².